The number of rotatable bonds is 4. The van der Waals surface area contributed by atoms with Gasteiger partial charge in [-0.25, -0.2) is 0 Å². The lowest BCUT2D eigenvalue weighted by molar-refractivity contribution is -0.00199. The second kappa shape index (κ2) is 5.62. The number of fused-ring (bicyclic) bond motifs is 1. The van der Waals surface area contributed by atoms with Crippen LogP contribution in [0, 0.1) is 0 Å². The average Bonchev–Trinajstić information content (AvgIpc) is 2.86. The highest BCUT2D eigenvalue weighted by molar-refractivity contribution is 5.48. The molecule has 0 radical (unpaired) electrons. The molecule has 2 heterocycles. The summed E-state index contributed by atoms with van der Waals surface area (Å²) in [6.07, 6.45) is 3.21. The summed E-state index contributed by atoms with van der Waals surface area (Å²) in [6, 6.07) is 5.80. The zero-order chi connectivity index (χ0) is 14.0. The Labute approximate surface area is 120 Å². The van der Waals surface area contributed by atoms with Crippen LogP contribution in [0.25, 0.3) is 0 Å². The Hall–Kier alpha value is -1.26. The molecule has 0 amide bonds. The molecule has 0 aromatic heterocycles. The van der Waals surface area contributed by atoms with Gasteiger partial charge in [0, 0.05) is 19.4 Å². The molecule has 20 heavy (non-hydrogen) atoms. The Kier molecular flexibility index (Phi) is 3.85. The van der Waals surface area contributed by atoms with E-state index >= 15 is 0 Å². The van der Waals surface area contributed by atoms with Gasteiger partial charge in [0.05, 0.1) is 18.3 Å². The van der Waals surface area contributed by atoms with Gasteiger partial charge in [-0.05, 0) is 25.1 Å². The van der Waals surface area contributed by atoms with Gasteiger partial charge < -0.3 is 19.9 Å². The van der Waals surface area contributed by atoms with Gasteiger partial charge in [0.2, 0.25) is 0 Å². The SMILES string of the molecule is CCCCOc1cccc2c1C(O)CC1(CCNC1)O2. The van der Waals surface area contributed by atoms with Crippen LogP contribution in [0.1, 0.15) is 44.3 Å². The van der Waals surface area contributed by atoms with Gasteiger partial charge in [-0.1, -0.05) is 19.4 Å². The fraction of sp³-hybridized carbons (Fsp3) is 0.625. The zero-order valence-corrected chi connectivity index (χ0v) is 12.0. The summed E-state index contributed by atoms with van der Waals surface area (Å²) in [7, 11) is 0. The maximum Gasteiger partial charge on any atom is 0.129 e. The Morgan fingerprint density at radius 2 is 2.40 bits per heavy atom. The lowest BCUT2D eigenvalue weighted by atomic mass is 9.88. The van der Waals surface area contributed by atoms with Gasteiger partial charge in [0.1, 0.15) is 17.1 Å². The first kappa shape index (κ1) is 13.7. The van der Waals surface area contributed by atoms with Crippen LogP contribution < -0.4 is 14.8 Å². The Balaban J connectivity index is 1.84. The van der Waals surface area contributed by atoms with Crippen molar-refractivity contribution < 1.29 is 14.6 Å². The molecular formula is C16H23NO3. The molecule has 1 fully saturated rings. The molecule has 0 bridgehead atoms. The third-order valence-corrected chi connectivity index (χ3v) is 4.21. The van der Waals surface area contributed by atoms with Crippen molar-refractivity contribution in [1.29, 1.82) is 0 Å². The number of aliphatic hydroxyl groups is 1. The van der Waals surface area contributed by atoms with Crippen LogP contribution in [-0.2, 0) is 0 Å². The second-order valence-electron chi connectivity index (χ2n) is 5.80. The number of benzene rings is 1. The van der Waals surface area contributed by atoms with Gasteiger partial charge in [-0.15, -0.1) is 0 Å². The molecule has 0 saturated carbocycles. The minimum atomic E-state index is -0.503. The van der Waals surface area contributed by atoms with Crippen LogP contribution in [-0.4, -0.2) is 30.4 Å². The standard InChI is InChI=1S/C16H23NO3/c1-2-3-9-19-13-5-4-6-14-15(13)12(18)10-16(20-14)7-8-17-11-16/h4-6,12,17-18H,2-3,7-11H2,1H3. The second-order valence-corrected chi connectivity index (χ2v) is 5.80. The molecule has 110 valence electrons. The number of unbranched alkanes of at least 4 members (excludes halogenated alkanes) is 1. The fourth-order valence-electron chi connectivity index (χ4n) is 3.11. The van der Waals surface area contributed by atoms with Gasteiger partial charge >= 0.3 is 0 Å². The molecule has 1 aromatic carbocycles. The molecule has 4 nitrogen and oxygen atoms in total. The lowest BCUT2D eigenvalue weighted by Gasteiger charge is -2.38. The molecule has 2 unspecified atom stereocenters. The molecule has 1 aromatic rings. The normalized spacial score (nSPS) is 28.2. The predicted molar refractivity (Wildman–Crippen MR) is 77.3 cm³/mol. The van der Waals surface area contributed by atoms with Crippen LogP contribution in [0.5, 0.6) is 11.5 Å². The number of nitrogens with one attached hydrogen (secondary N) is 1. The molecule has 2 atom stereocenters. The van der Waals surface area contributed by atoms with E-state index in [1.165, 1.54) is 0 Å². The van der Waals surface area contributed by atoms with E-state index in [2.05, 4.69) is 12.2 Å². The Bertz CT molecular complexity index is 469. The van der Waals surface area contributed by atoms with E-state index < -0.39 is 6.10 Å². The van der Waals surface area contributed by atoms with Gasteiger partial charge in [-0.2, -0.15) is 0 Å². The number of aliphatic hydroxyl groups excluding tert-OH is 1. The minimum absolute atomic E-state index is 0.242. The first-order chi connectivity index (χ1) is 9.74. The largest absolute Gasteiger partial charge is 0.493 e. The van der Waals surface area contributed by atoms with E-state index in [9.17, 15) is 5.11 Å². The number of hydrogen-bond acceptors (Lipinski definition) is 4. The van der Waals surface area contributed by atoms with E-state index in [4.69, 9.17) is 9.47 Å². The Morgan fingerprint density at radius 3 is 3.15 bits per heavy atom. The summed E-state index contributed by atoms with van der Waals surface area (Å²) in [4.78, 5) is 0. The van der Waals surface area contributed by atoms with Crippen molar-refractivity contribution in [2.75, 3.05) is 19.7 Å². The summed E-state index contributed by atoms with van der Waals surface area (Å²) in [5, 5.41) is 13.9. The summed E-state index contributed by atoms with van der Waals surface area (Å²) in [5.41, 5.74) is 0.579. The molecule has 2 aliphatic rings. The van der Waals surface area contributed by atoms with Crippen LogP contribution >= 0.6 is 0 Å². The summed E-state index contributed by atoms with van der Waals surface area (Å²) in [5.74, 6) is 1.55. The van der Waals surface area contributed by atoms with Crippen molar-refractivity contribution in [3.63, 3.8) is 0 Å². The molecule has 2 N–H and O–H groups in total. The van der Waals surface area contributed by atoms with Crippen molar-refractivity contribution in [2.45, 2.75) is 44.3 Å². The molecule has 2 aliphatic heterocycles. The van der Waals surface area contributed by atoms with Crippen molar-refractivity contribution >= 4 is 0 Å². The first-order valence-electron chi connectivity index (χ1n) is 7.58. The molecular weight excluding hydrogens is 254 g/mol. The van der Waals surface area contributed by atoms with Crippen molar-refractivity contribution in [3.8, 4) is 11.5 Å². The third kappa shape index (κ3) is 2.50. The van der Waals surface area contributed by atoms with Crippen LogP contribution in [0.15, 0.2) is 18.2 Å². The smallest absolute Gasteiger partial charge is 0.129 e. The van der Waals surface area contributed by atoms with Crippen molar-refractivity contribution in [3.05, 3.63) is 23.8 Å². The summed E-state index contributed by atoms with van der Waals surface area (Å²) < 4.78 is 12.0. The highest BCUT2D eigenvalue weighted by Crippen LogP contribution is 2.46. The Morgan fingerprint density at radius 1 is 1.50 bits per heavy atom. The van der Waals surface area contributed by atoms with E-state index in [0.29, 0.717) is 13.0 Å². The van der Waals surface area contributed by atoms with Crippen LogP contribution in [0.3, 0.4) is 0 Å². The predicted octanol–water partition coefficient (Wildman–Crippen LogP) is 2.41. The van der Waals surface area contributed by atoms with Crippen LogP contribution in [0.2, 0.25) is 0 Å². The minimum Gasteiger partial charge on any atom is -0.493 e. The highest BCUT2D eigenvalue weighted by Gasteiger charge is 2.43. The van der Waals surface area contributed by atoms with Gasteiger partial charge in [-0.3, -0.25) is 0 Å². The number of hydrogen-bond donors (Lipinski definition) is 2. The van der Waals surface area contributed by atoms with Crippen molar-refractivity contribution in [2.24, 2.45) is 0 Å². The molecule has 1 saturated heterocycles. The zero-order valence-electron chi connectivity index (χ0n) is 12.0. The van der Waals surface area contributed by atoms with E-state index in [1.807, 2.05) is 18.2 Å². The van der Waals surface area contributed by atoms with Crippen LogP contribution in [0.4, 0.5) is 0 Å². The number of ether oxygens (including phenoxy) is 2. The summed E-state index contributed by atoms with van der Waals surface area (Å²) in [6.45, 7) is 4.59. The van der Waals surface area contributed by atoms with Gasteiger partial charge in [0.25, 0.3) is 0 Å². The highest BCUT2D eigenvalue weighted by atomic mass is 16.5. The van der Waals surface area contributed by atoms with Crippen molar-refractivity contribution in [1.82, 2.24) is 5.32 Å². The fourth-order valence-corrected chi connectivity index (χ4v) is 3.11. The summed E-state index contributed by atoms with van der Waals surface area (Å²) >= 11 is 0. The topological polar surface area (TPSA) is 50.7 Å². The average molecular weight is 277 g/mol. The van der Waals surface area contributed by atoms with E-state index in [0.717, 1.165) is 49.4 Å². The third-order valence-electron chi connectivity index (χ3n) is 4.21. The first-order valence-corrected chi connectivity index (χ1v) is 7.58. The van der Waals surface area contributed by atoms with Gasteiger partial charge in [0.15, 0.2) is 0 Å². The maximum atomic E-state index is 10.5. The van der Waals surface area contributed by atoms with E-state index in [-0.39, 0.29) is 5.60 Å². The molecule has 4 heteroatoms. The maximum absolute atomic E-state index is 10.5. The quantitative estimate of drug-likeness (QED) is 0.830. The lowest BCUT2D eigenvalue weighted by Crippen LogP contribution is -2.43. The molecule has 0 aliphatic carbocycles. The molecule has 3 rings (SSSR count). The monoisotopic (exact) mass is 277 g/mol. The van der Waals surface area contributed by atoms with E-state index in [1.54, 1.807) is 0 Å². The molecule has 1 spiro atoms.